The first-order valence-electron chi connectivity index (χ1n) is 6.14. The summed E-state index contributed by atoms with van der Waals surface area (Å²) in [5.74, 6) is 0. The average Bonchev–Trinajstić information content (AvgIpc) is 2.46. The zero-order valence-corrected chi connectivity index (χ0v) is 10.5. The maximum atomic E-state index is 8.99. The van der Waals surface area contributed by atoms with E-state index in [0.717, 1.165) is 18.7 Å². The van der Waals surface area contributed by atoms with Crippen LogP contribution in [0.15, 0.2) is 48.5 Å². The van der Waals surface area contributed by atoms with E-state index in [-0.39, 0.29) is 0 Å². The van der Waals surface area contributed by atoms with E-state index >= 15 is 0 Å². The number of hydrogen-bond acceptors (Lipinski definition) is 2. The Bertz CT molecular complexity index is 550. The molecule has 0 saturated heterocycles. The molecule has 2 nitrogen and oxygen atoms in total. The molecule has 0 atom stereocenters. The second-order valence-electron chi connectivity index (χ2n) is 4.18. The van der Waals surface area contributed by atoms with Crippen molar-refractivity contribution in [2.45, 2.75) is 19.9 Å². The zero-order valence-electron chi connectivity index (χ0n) is 10.5. The highest BCUT2D eigenvalue weighted by molar-refractivity contribution is 5.57. The molecule has 2 aromatic rings. The Balaban J connectivity index is 2.05. The minimum Gasteiger partial charge on any atom is -0.380 e. The van der Waals surface area contributed by atoms with Gasteiger partial charge in [-0.05, 0) is 29.7 Å². The van der Waals surface area contributed by atoms with Gasteiger partial charge in [0.05, 0.1) is 11.3 Å². The number of benzene rings is 2. The van der Waals surface area contributed by atoms with Gasteiger partial charge in [0.25, 0.3) is 0 Å². The molecule has 2 heteroatoms. The molecule has 2 rings (SSSR count). The largest absolute Gasteiger partial charge is 0.380 e. The monoisotopic (exact) mass is 236 g/mol. The fourth-order valence-electron chi connectivity index (χ4n) is 1.82. The minimum absolute atomic E-state index is 0.683. The predicted molar refractivity (Wildman–Crippen MR) is 74.3 cm³/mol. The standard InChI is InChI=1S/C16H16N2/c1-2-13-7-9-14(10-8-13)12-18-16-6-4-3-5-15(16)11-17/h3-10,18H,2,12H2,1H3. The number of nitriles is 1. The number of nitrogens with one attached hydrogen (secondary N) is 1. The van der Waals surface area contributed by atoms with Crippen LogP contribution in [0.3, 0.4) is 0 Å². The first kappa shape index (κ1) is 12.2. The molecule has 0 unspecified atom stereocenters. The van der Waals surface area contributed by atoms with E-state index in [2.05, 4.69) is 42.6 Å². The summed E-state index contributed by atoms with van der Waals surface area (Å²) in [4.78, 5) is 0. The molecule has 0 aliphatic carbocycles. The van der Waals surface area contributed by atoms with E-state index < -0.39 is 0 Å². The number of hydrogen-bond donors (Lipinski definition) is 1. The van der Waals surface area contributed by atoms with Crippen molar-refractivity contribution in [3.05, 3.63) is 65.2 Å². The van der Waals surface area contributed by atoms with Crippen LogP contribution in [0.25, 0.3) is 0 Å². The Kier molecular flexibility index (Phi) is 3.98. The molecule has 0 aliphatic heterocycles. The van der Waals surface area contributed by atoms with Gasteiger partial charge < -0.3 is 5.32 Å². The van der Waals surface area contributed by atoms with Crippen LogP contribution in [0, 0.1) is 11.3 Å². The fourth-order valence-corrected chi connectivity index (χ4v) is 1.82. The van der Waals surface area contributed by atoms with Gasteiger partial charge in [-0.2, -0.15) is 5.26 Å². The second-order valence-corrected chi connectivity index (χ2v) is 4.18. The third-order valence-corrected chi connectivity index (χ3v) is 2.96. The summed E-state index contributed by atoms with van der Waals surface area (Å²) in [6.07, 6.45) is 1.06. The van der Waals surface area contributed by atoms with Crippen molar-refractivity contribution in [2.75, 3.05) is 5.32 Å². The fraction of sp³-hybridized carbons (Fsp3) is 0.188. The Hall–Kier alpha value is -2.27. The van der Waals surface area contributed by atoms with Gasteiger partial charge in [0.15, 0.2) is 0 Å². The lowest BCUT2D eigenvalue weighted by atomic mass is 10.1. The third-order valence-electron chi connectivity index (χ3n) is 2.96. The van der Waals surface area contributed by atoms with Gasteiger partial charge in [-0.3, -0.25) is 0 Å². The van der Waals surface area contributed by atoms with E-state index in [1.165, 1.54) is 11.1 Å². The average molecular weight is 236 g/mol. The summed E-state index contributed by atoms with van der Waals surface area (Å²) < 4.78 is 0. The van der Waals surface area contributed by atoms with Gasteiger partial charge in [-0.15, -0.1) is 0 Å². The molecule has 90 valence electrons. The Labute approximate surface area is 108 Å². The molecular weight excluding hydrogens is 220 g/mol. The number of para-hydroxylation sites is 1. The molecule has 0 spiro atoms. The van der Waals surface area contributed by atoms with Crippen molar-refractivity contribution >= 4 is 5.69 Å². The Morgan fingerprint density at radius 1 is 1.00 bits per heavy atom. The van der Waals surface area contributed by atoms with Crippen molar-refractivity contribution in [2.24, 2.45) is 0 Å². The highest BCUT2D eigenvalue weighted by Gasteiger charge is 2.00. The van der Waals surface area contributed by atoms with Crippen LogP contribution in [0.5, 0.6) is 0 Å². The van der Waals surface area contributed by atoms with Gasteiger partial charge in [-0.1, -0.05) is 43.3 Å². The maximum Gasteiger partial charge on any atom is 0.101 e. The summed E-state index contributed by atoms with van der Waals surface area (Å²) in [5, 5.41) is 12.3. The normalized spacial score (nSPS) is 9.78. The van der Waals surface area contributed by atoms with E-state index in [1.807, 2.05) is 24.3 Å². The summed E-state index contributed by atoms with van der Waals surface area (Å²) in [6, 6.07) is 18.3. The maximum absolute atomic E-state index is 8.99. The summed E-state index contributed by atoms with van der Waals surface area (Å²) >= 11 is 0. The van der Waals surface area contributed by atoms with E-state index in [1.54, 1.807) is 0 Å². The Morgan fingerprint density at radius 3 is 2.33 bits per heavy atom. The van der Waals surface area contributed by atoms with Crippen LogP contribution in [-0.2, 0) is 13.0 Å². The minimum atomic E-state index is 0.683. The van der Waals surface area contributed by atoms with Gasteiger partial charge >= 0.3 is 0 Å². The summed E-state index contributed by atoms with van der Waals surface area (Å²) in [5.41, 5.74) is 4.14. The first-order valence-corrected chi connectivity index (χ1v) is 6.14. The zero-order chi connectivity index (χ0) is 12.8. The van der Waals surface area contributed by atoms with Crippen molar-refractivity contribution in [1.82, 2.24) is 0 Å². The highest BCUT2D eigenvalue weighted by Crippen LogP contribution is 2.15. The van der Waals surface area contributed by atoms with Gasteiger partial charge in [0.2, 0.25) is 0 Å². The topological polar surface area (TPSA) is 35.8 Å². The lowest BCUT2D eigenvalue weighted by Crippen LogP contribution is -2.01. The third kappa shape index (κ3) is 2.89. The van der Waals surface area contributed by atoms with Crippen molar-refractivity contribution in [3.63, 3.8) is 0 Å². The first-order chi connectivity index (χ1) is 8.83. The van der Waals surface area contributed by atoms with Crippen LogP contribution in [0.2, 0.25) is 0 Å². The van der Waals surface area contributed by atoms with E-state index in [0.29, 0.717) is 5.56 Å². The molecule has 0 fully saturated rings. The van der Waals surface area contributed by atoms with Crippen molar-refractivity contribution in [3.8, 4) is 6.07 Å². The lowest BCUT2D eigenvalue weighted by Gasteiger charge is -2.08. The number of nitrogens with zero attached hydrogens (tertiary/aromatic N) is 1. The number of rotatable bonds is 4. The van der Waals surface area contributed by atoms with Crippen LogP contribution in [0.1, 0.15) is 23.6 Å². The smallest absolute Gasteiger partial charge is 0.101 e. The SMILES string of the molecule is CCc1ccc(CNc2ccccc2C#N)cc1. The molecule has 2 aromatic carbocycles. The summed E-state index contributed by atoms with van der Waals surface area (Å²) in [6.45, 7) is 2.89. The molecule has 0 amide bonds. The van der Waals surface area contributed by atoms with Crippen LogP contribution in [0.4, 0.5) is 5.69 Å². The molecule has 0 heterocycles. The highest BCUT2D eigenvalue weighted by atomic mass is 14.9. The van der Waals surface area contributed by atoms with Gasteiger partial charge in [0.1, 0.15) is 6.07 Å². The molecule has 0 bridgehead atoms. The molecule has 0 aliphatic rings. The second kappa shape index (κ2) is 5.88. The lowest BCUT2D eigenvalue weighted by molar-refractivity contribution is 1.10. The van der Waals surface area contributed by atoms with Crippen LogP contribution >= 0.6 is 0 Å². The van der Waals surface area contributed by atoms with Crippen molar-refractivity contribution < 1.29 is 0 Å². The quantitative estimate of drug-likeness (QED) is 0.878. The van der Waals surface area contributed by atoms with Crippen molar-refractivity contribution in [1.29, 1.82) is 5.26 Å². The molecule has 1 N–H and O–H groups in total. The summed E-state index contributed by atoms with van der Waals surface area (Å²) in [7, 11) is 0. The van der Waals surface area contributed by atoms with Crippen LogP contribution < -0.4 is 5.32 Å². The van der Waals surface area contributed by atoms with E-state index in [9.17, 15) is 0 Å². The molecular formula is C16H16N2. The van der Waals surface area contributed by atoms with E-state index in [4.69, 9.17) is 5.26 Å². The van der Waals surface area contributed by atoms with Crippen LogP contribution in [-0.4, -0.2) is 0 Å². The predicted octanol–water partition coefficient (Wildman–Crippen LogP) is 3.73. The molecule has 18 heavy (non-hydrogen) atoms. The molecule has 0 saturated carbocycles. The molecule has 0 radical (unpaired) electrons. The molecule has 0 aromatic heterocycles. The van der Waals surface area contributed by atoms with Gasteiger partial charge in [-0.25, -0.2) is 0 Å². The number of aryl methyl sites for hydroxylation is 1. The van der Waals surface area contributed by atoms with Gasteiger partial charge in [0, 0.05) is 6.54 Å². The Morgan fingerprint density at radius 2 is 1.67 bits per heavy atom. The number of anilines is 1.